The van der Waals surface area contributed by atoms with E-state index in [1.165, 1.54) is 0 Å². The van der Waals surface area contributed by atoms with E-state index in [2.05, 4.69) is 44.6 Å². The first-order valence-corrected chi connectivity index (χ1v) is 7.70. The summed E-state index contributed by atoms with van der Waals surface area (Å²) in [6, 6.07) is 8.08. The molecule has 6 heteroatoms. The van der Waals surface area contributed by atoms with Crippen molar-refractivity contribution in [1.82, 2.24) is 19.7 Å². The summed E-state index contributed by atoms with van der Waals surface area (Å²) in [5, 5.41) is 17.4. The van der Waals surface area contributed by atoms with E-state index < -0.39 is 0 Å². The minimum atomic E-state index is 0.386. The number of hydrogen-bond acceptors (Lipinski definition) is 5. The highest BCUT2D eigenvalue weighted by Crippen LogP contribution is 2.29. The Morgan fingerprint density at radius 3 is 2.73 bits per heavy atom. The Labute approximate surface area is 130 Å². The second-order valence-corrected chi connectivity index (χ2v) is 5.94. The quantitative estimate of drug-likeness (QED) is 0.870. The Morgan fingerprint density at radius 1 is 1.27 bits per heavy atom. The van der Waals surface area contributed by atoms with Gasteiger partial charge in [-0.15, -0.1) is 10.2 Å². The van der Waals surface area contributed by atoms with E-state index >= 15 is 0 Å². The topological polar surface area (TPSA) is 70.6 Å². The summed E-state index contributed by atoms with van der Waals surface area (Å²) >= 11 is 0. The molecule has 3 rings (SSSR count). The van der Waals surface area contributed by atoms with Gasteiger partial charge in [-0.2, -0.15) is 5.26 Å². The lowest BCUT2D eigenvalue weighted by Gasteiger charge is -2.32. The molecule has 1 fully saturated rings. The summed E-state index contributed by atoms with van der Waals surface area (Å²) in [7, 11) is 0. The summed E-state index contributed by atoms with van der Waals surface area (Å²) in [4.78, 5) is 6.62. The molecule has 2 aromatic rings. The van der Waals surface area contributed by atoms with Gasteiger partial charge in [-0.05, 0) is 38.8 Å². The van der Waals surface area contributed by atoms with Crippen molar-refractivity contribution in [2.24, 2.45) is 0 Å². The first-order valence-electron chi connectivity index (χ1n) is 7.70. The fourth-order valence-corrected chi connectivity index (χ4v) is 2.97. The van der Waals surface area contributed by atoms with Crippen LogP contribution in [0.5, 0.6) is 0 Å². The Morgan fingerprint density at radius 2 is 2.05 bits per heavy atom. The van der Waals surface area contributed by atoms with Gasteiger partial charge in [0.05, 0.1) is 0 Å². The Balaban J connectivity index is 1.70. The van der Waals surface area contributed by atoms with Crippen LogP contribution in [0.15, 0.2) is 24.5 Å². The minimum Gasteiger partial charge on any atom is -0.357 e. The first-order chi connectivity index (χ1) is 10.7. The van der Waals surface area contributed by atoms with Crippen molar-refractivity contribution in [2.45, 2.75) is 38.6 Å². The predicted octanol–water partition coefficient (Wildman–Crippen LogP) is 2.51. The summed E-state index contributed by atoms with van der Waals surface area (Å²) < 4.78 is 2.16. The van der Waals surface area contributed by atoms with Gasteiger partial charge < -0.3 is 9.47 Å². The smallest absolute Gasteiger partial charge is 0.142 e. The van der Waals surface area contributed by atoms with Crippen molar-refractivity contribution in [3.63, 3.8) is 0 Å². The van der Waals surface area contributed by atoms with Crippen molar-refractivity contribution >= 4 is 5.82 Å². The maximum Gasteiger partial charge on any atom is 0.142 e. The van der Waals surface area contributed by atoms with Crippen LogP contribution in [0.4, 0.5) is 5.82 Å². The minimum absolute atomic E-state index is 0.386. The number of nitrogens with zero attached hydrogens (tertiary/aromatic N) is 6. The van der Waals surface area contributed by atoms with Crippen LogP contribution in [0.3, 0.4) is 0 Å². The standard InChI is InChI=1S/C16H20N6/c1-12(2)22-11-18-20-16(22)13-6-8-21(9-7-13)15-5-3-4-14(10-17)19-15/h3-5,11-13H,6-9H2,1-2H3. The molecule has 0 atom stereocenters. The molecule has 0 spiro atoms. The first kappa shape index (κ1) is 14.5. The monoisotopic (exact) mass is 296 g/mol. The van der Waals surface area contributed by atoms with Gasteiger partial charge in [-0.25, -0.2) is 4.98 Å². The second kappa shape index (κ2) is 6.14. The summed E-state index contributed by atoms with van der Waals surface area (Å²) in [6.45, 7) is 6.16. The van der Waals surface area contributed by atoms with Crippen LogP contribution in [0.25, 0.3) is 0 Å². The van der Waals surface area contributed by atoms with E-state index in [-0.39, 0.29) is 0 Å². The fraction of sp³-hybridized carbons (Fsp3) is 0.500. The highest BCUT2D eigenvalue weighted by molar-refractivity contribution is 5.42. The van der Waals surface area contributed by atoms with Crippen molar-refractivity contribution in [3.8, 4) is 6.07 Å². The van der Waals surface area contributed by atoms with E-state index in [1.54, 1.807) is 6.07 Å². The lowest BCUT2D eigenvalue weighted by atomic mass is 9.95. The number of piperidine rings is 1. The molecule has 1 aliphatic rings. The zero-order chi connectivity index (χ0) is 15.5. The molecule has 0 amide bonds. The van der Waals surface area contributed by atoms with E-state index in [0.29, 0.717) is 17.7 Å². The van der Waals surface area contributed by atoms with E-state index in [4.69, 9.17) is 5.26 Å². The number of aromatic nitrogens is 4. The molecule has 6 nitrogen and oxygen atoms in total. The van der Waals surface area contributed by atoms with Crippen molar-refractivity contribution in [2.75, 3.05) is 18.0 Å². The third kappa shape index (κ3) is 2.80. The lowest BCUT2D eigenvalue weighted by molar-refractivity contribution is 0.447. The van der Waals surface area contributed by atoms with Crippen LogP contribution < -0.4 is 4.90 Å². The molecule has 1 saturated heterocycles. The highest BCUT2D eigenvalue weighted by atomic mass is 15.3. The van der Waals surface area contributed by atoms with Crippen molar-refractivity contribution < 1.29 is 0 Å². The van der Waals surface area contributed by atoms with Gasteiger partial charge in [0.1, 0.15) is 29.7 Å². The molecule has 1 aliphatic heterocycles. The molecular weight excluding hydrogens is 276 g/mol. The second-order valence-electron chi connectivity index (χ2n) is 5.94. The van der Waals surface area contributed by atoms with Crippen molar-refractivity contribution in [3.05, 3.63) is 36.0 Å². The molecule has 114 valence electrons. The molecule has 2 aromatic heterocycles. The number of pyridine rings is 1. The molecule has 0 aromatic carbocycles. The normalized spacial score (nSPS) is 16.0. The van der Waals surface area contributed by atoms with Crippen LogP contribution in [-0.2, 0) is 0 Å². The molecule has 0 radical (unpaired) electrons. The van der Waals surface area contributed by atoms with Crippen LogP contribution in [0.2, 0.25) is 0 Å². The third-order valence-electron chi connectivity index (χ3n) is 4.19. The van der Waals surface area contributed by atoms with Gasteiger partial charge in [0.2, 0.25) is 0 Å². The average molecular weight is 296 g/mol. The summed E-state index contributed by atoms with van der Waals surface area (Å²) in [5.41, 5.74) is 0.471. The molecule has 0 aliphatic carbocycles. The van der Waals surface area contributed by atoms with Gasteiger partial charge in [0.15, 0.2) is 0 Å². The highest BCUT2D eigenvalue weighted by Gasteiger charge is 2.25. The molecule has 3 heterocycles. The SMILES string of the molecule is CC(C)n1cnnc1C1CCN(c2cccc(C#N)n2)CC1. The molecule has 22 heavy (non-hydrogen) atoms. The molecule has 0 unspecified atom stereocenters. The Hall–Kier alpha value is -2.42. The third-order valence-corrected chi connectivity index (χ3v) is 4.19. The van der Waals surface area contributed by atoms with E-state index in [9.17, 15) is 0 Å². The van der Waals surface area contributed by atoms with Gasteiger partial charge in [0.25, 0.3) is 0 Å². The number of hydrogen-bond donors (Lipinski definition) is 0. The van der Waals surface area contributed by atoms with Crippen LogP contribution >= 0.6 is 0 Å². The fourth-order valence-electron chi connectivity index (χ4n) is 2.97. The summed E-state index contributed by atoms with van der Waals surface area (Å²) in [5.74, 6) is 2.43. The predicted molar refractivity (Wildman–Crippen MR) is 83.5 cm³/mol. The van der Waals surface area contributed by atoms with Gasteiger partial charge in [0, 0.05) is 25.0 Å². The molecular formula is C16H20N6. The molecule has 0 saturated carbocycles. The maximum atomic E-state index is 8.96. The Kier molecular flexibility index (Phi) is 4.05. The van der Waals surface area contributed by atoms with Gasteiger partial charge in [-0.1, -0.05) is 6.07 Å². The van der Waals surface area contributed by atoms with Crippen LogP contribution in [0.1, 0.15) is 50.2 Å². The number of rotatable bonds is 3. The zero-order valence-corrected chi connectivity index (χ0v) is 13.0. The average Bonchev–Trinajstić information content (AvgIpc) is 3.05. The van der Waals surface area contributed by atoms with Gasteiger partial charge >= 0.3 is 0 Å². The van der Waals surface area contributed by atoms with E-state index in [0.717, 1.165) is 37.6 Å². The lowest BCUT2D eigenvalue weighted by Crippen LogP contribution is -2.34. The number of anilines is 1. The maximum absolute atomic E-state index is 8.96. The molecule has 0 N–H and O–H groups in total. The zero-order valence-electron chi connectivity index (χ0n) is 13.0. The molecule has 0 bridgehead atoms. The number of nitriles is 1. The van der Waals surface area contributed by atoms with Crippen LogP contribution in [-0.4, -0.2) is 32.8 Å². The van der Waals surface area contributed by atoms with E-state index in [1.807, 2.05) is 18.5 Å². The van der Waals surface area contributed by atoms with Crippen molar-refractivity contribution in [1.29, 1.82) is 5.26 Å². The largest absolute Gasteiger partial charge is 0.357 e. The summed E-state index contributed by atoms with van der Waals surface area (Å²) in [6.07, 6.45) is 3.89. The Bertz CT molecular complexity index is 676. The van der Waals surface area contributed by atoms with Crippen LogP contribution in [0, 0.1) is 11.3 Å². The van der Waals surface area contributed by atoms with Gasteiger partial charge in [-0.3, -0.25) is 0 Å².